The van der Waals surface area contributed by atoms with Crippen LogP contribution < -0.4 is 10.2 Å². The second kappa shape index (κ2) is 9.56. The van der Waals surface area contributed by atoms with Crippen molar-refractivity contribution < 1.29 is 14.5 Å². The summed E-state index contributed by atoms with van der Waals surface area (Å²) in [4.78, 5) is 22.8. The summed E-state index contributed by atoms with van der Waals surface area (Å²) in [6.45, 7) is 0. The molecule has 0 bridgehead atoms. The van der Waals surface area contributed by atoms with Crippen LogP contribution in [0.3, 0.4) is 0 Å². The maximum absolute atomic E-state index is 12.4. The number of benzene rings is 3. The molecular weight excluding hydrogens is 422 g/mol. The van der Waals surface area contributed by atoms with E-state index in [2.05, 4.69) is 10.5 Å². The number of rotatable bonds is 7. The van der Waals surface area contributed by atoms with Gasteiger partial charge in [0.2, 0.25) is 0 Å². The Kier molecular flexibility index (Phi) is 6.21. The minimum atomic E-state index is -0.559. The number of para-hydroxylation sites is 1. The molecule has 1 heterocycles. The van der Waals surface area contributed by atoms with Crippen LogP contribution in [0, 0.1) is 10.1 Å². The van der Waals surface area contributed by atoms with E-state index < -0.39 is 10.8 Å². The Morgan fingerprint density at radius 2 is 1.85 bits per heavy atom. The normalized spacial score (nSPS) is 10.8. The van der Waals surface area contributed by atoms with E-state index in [0.29, 0.717) is 11.3 Å². The van der Waals surface area contributed by atoms with Crippen LogP contribution in [-0.4, -0.2) is 33.9 Å². The molecule has 0 aliphatic rings. The van der Waals surface area contributed by atoms with Gasteiger partial charge in [0, 0.05) is 35.0 Å². The monoisotopic (exact) mass is 441 g/mol. The van der Waals surface area contributed by atoms with E-state index in [1.807, 2.05) is 54.6 Å². The summed E-state index contributed by atoms with van der Waals surface area (Å²) in [5.74, 6) is 0.164. The molecule has 1 amide bonds. The number of amides is 1. The Morgan fingerprint density at radius 1 is 1.09 bits per heavy atom. The molecule has 9 heteroatoms. The molecule has 1 N–H and O–H groups in total. The van der Waals surface area contributed by atoms with E-state index >= 15 is 0 Å². The molecule has 0 fully saturated rings. The zero-order valence-electron chi connectivity index (χ0n) is 17.6. The number of hydrogen-bond donors (Lipinski definition) is 1. The lowest BCUT2D eigenvalue weighted by molar-refractivity contribution is -0.384. The number of aromatic nitrogens is 2. The Morgan fingerprint density at radius 3 is 2.55 bits per heavy atom. The molecule has 0 spiro atoms. The molecule has 4 rings (SSSR count). The van der Waals surface area contributed by atoms with Gasteiger partial charge in [0.15, 0.2) is 0 Å². The first-order chi connectivity index (χ1) is 16.0. The molecule has 33 heavy (non-hydrogen) atoms. The molecule has 0 aliphatic carbocycles. The maximum atomic E-state index is 12.4. The molecule has 0 saturated carbocycles. The van der Waals surface area contributed by atoms with Gasteiger partial charge in [-0.2, -0.15) is 10.2 Å². The number of carbonyl (C=O) groups excluding carboxylic acids is 1. The van der Waals surface area contributed by atoms with Crippen LogP contribution in [0.1, 0.15) is 15.9 Å². The summed E-state index contributed by atoms with van der Waals surface area (Å²) in [5.41, 5.74) is 5.42. The Hall–Kier alpha value is -4.79. The summed E-state index contributed by atoms with van der Waals surface area (Å²) in [5, 5.41) is 19.7. The summed E-state index contributed by atoms with van der Waals surface area (Å²) in [6.07, 6.45) is 3.29. The van der Waals surface area contributed by atoms with Crippen LogP contribution >= 0.6 is 0 Å². The fourth-order valence-electron chi connectivity index (χ4n) is 3.15. The molecule has 0 saturated heterocycles. The second-order valence-electron chi connectivity index (χ2n) is 6.95. The molecule has 4 aromatic rings. The van der Waals surface area contributed by atoms with Crippen LogP contribution in [-0.2, 0) is 0 Å². The third-order valence-corrected chi connectivity index (χ3v) is 4.82. The van der Waals surface area contributed by atoms with Gasteiger partial charge in [-0.25, -0.2) is 10.1 Å². The lowest BCUT2D eigenvalue weighted by Gasteiger charge is -2.03. The van der Waals surface area contributed by atoms with E-state index in [-0.39, 0.29) is 11.3 Å². The van der Waals surface area contributed by atoms with Gasteiger partial charge >= 0.3 is 0 Å². The number of methoxy groups -OCH3 is 1. The lowest BCUT2D eigenvalue weighted by atomic mass is 10.1. The van der Waals surface area contributed by atoms with E-state index in [9.17, 15) is 14.9 Å². The highest BCUT2D eigenvalue weighted by Gasteiger charge is 2.13. The third-order valence-electron chi connectivity index (χ3n) is 4.82. The highest BCUT2D eigenvalue weighted by atomic mass is 16.6. The van der Waals surface area contributed by atoms with Gasteiger partial charge in [-0.1, -0.05) is 24.3 Å². The number of ether oxygens (including phenoxy) is 1. The molecule has 3 aromatic carbocycles. The minimum Gasteiger partial charge on any atom is -0.497 e. The van der Waals surface area contributed by atoms with Crippen molar-refractivity contribution in [3.63, 3.8) is 0 Å². The fourth-order valence-corrected chi connectivity index (χ4v) is 3.15. The van der Waals surface area contributed by atoms with Crippen molar-refractivity contribution >= 4 is 17.8 Å². The zero-order valence-corrected chi connectivity index (χ0v) is 17.6. The molecule has 9 nitrogen and oxygen atoms in total. The Labute approximate surface area is 189 Å². The van der Waals surface area contributed by atoms with E-state index in [1.54, 1.807) is 18.0 Å². The second-order valence-corrected chi connectivity index (χ2v) is 6.95. The highest BCUT2D eigenvalue weighted by molar-refractivity contribution is 5.96. The quantitative estimate of drug-likeness (QED) is 0.262. The van der Waals surface area contributed by atoms with Crippen LogP contribution in [0.4, 0.5) is 5.69 Å². The predicted octanol–water partition coefficient (Wildman–Crippen LogP) is 4.22. The van der Waals surface area contributed by atoms with Crippen molar-refractivity contribution in [2.75, 3.05) is 7.11 Å². The molecule has 1 aromatic heterocycles. The van der Waals surface area contributed by atoms with E-state index in [4.69, 9.17) is 9.84 Å². The summed E-state index contributed by atoms with van der Waals surface area (Å²) in [6, 6.07) is 22.5. The van der Waals surface area contributed by atoms with Crippen molar-refractivity contribution in [1.29, 1.82) is 0 Å². The van der Waals surface area contributed by atoms with E-state index in [1.165, 1.54) is 30.5 Å². The van der Waals surface area contributed by atoms with Crippen LogP contribution in [0.5, 0.6) is 5.75 Å². The number of nitrogens with one attached hydrogen (secondary N) is 1. The van der Waals surface area contributed by atoms with Gasteiger partial charge in [-0.3, -0.25) is 14.9 Å². The molecule has 0 aliphatic heterocycles. The smallest absolute Gasteiger partial charge is 0.271 e. The van der Waals surface area contributed by atoms with Gasteiger partial charge in [0.25, 0.3) is 11.6 Å². The average Bonchev–Trinajstić information content (AvgIpc) is 3.29. The van der Waals surface area contributed by atoms with Crippen molar-refractivity contribution in [3.8, 4) is 22.7 Å². The van der Waals surface area contributed by atoms with Crippen molar-refractivity contribution in [1.82, 2.24) is 15.2 Å². The van der Waals surface area contributed by atoms with Gasteiger partial charge in [-0.15, -0.1) is 0 Å². The number of nitrogens with zero attached hydrogens (tertiary/aromatic N) is 4. The average molecular weight is 441 g/mol. The first-order valence-corrected chi connectivity index (χ1v) is 9.92. The standard InChI is InChI=1S/C24H19N5O4/c1-33-22-12-10-17(11-13-22)23-19(16-28(27-23)20-7-3-2-4-8-20)15-25-26-24(30)18-6-5-9-21(14-18)29(31)32/h2-16H,1H3,(H,26,30)/b25-15+. The highest BCUT2D eigenvalue weighted by Crippen LogP contribution is 2.25. The van der Waals surface area contributed by atoms with Gasteiger partial charge in [0.05, 0.1) is 23.9 Å². The van der Waals surface area contributed by atoms with Crippen LogP contribution in [0.25, 0.3) is 16.9 Å². The lowest BCUT2D eigenvalue weighted by Crippen LogP contribution is -2.17. The summed E-state index contributed by atoms with van der Waals surface area (Å²) in [7, 11) is 1.60. The van der Waals surface area contributed by atoms with Gasteiger partial charge in [-0.05, 0) is 42.5 Å². The Balaban J connectivity index is 1.62. The summed E-state index contributed by atoms with van der Waals surface area (Å²) >= 11 is 0. The largest absolute Gasteiger partial charge is 0.497 e. The topological polar surface area (TPSA) is 112 Å². The molecule has 0 radical (unpaired) electrons. The van der Waals surface area contributed by atoms with Crippen molar-refractivity contribution in [2.24, 2.45) is 5.10 Å². The van der Waals surface area contributed by atoms with Crippen LogP contribution in [0.2, 0.25) is 0 Å². The van der Waals surface area contributed by atoms with Crippen LogP contribution in [0.15, 0.2) is 90.2 Å². The number of hydrogen-bond acceptors (Lipinski definition) is 6. The van der Waals surface area contributed by atoms with Gasteiger partial charge in [0.1, 0.15) is 11.4 Å². The Bertz CT molecular complexity index is 1310. The third kappa shape index (κ3) is 4.93. The molecule has 164 valence electrons. The number of nitro groups is 1. The maximum Gasteiger partial charge on any atom is 0.271 e. The first-order valence-electron chi connectivity index (χ1n) is 9.92. The fraction of sp³-hybridized carbons (Fsp3) is 0.0417. The number of carbonyl (C=O) groups is 1. The molecule has 0 atom stereocenters. The molecule has 0 unspecified atom stereocenters. The SMILES string of the molecule is COc1ccc(-c2nn(-c3ccccc3)cc2/C=N/NC(=O)c2cccc([N+](=O)[O-])c2)cc1. The minimum absolute atomic E-state index is 0.136. The zero-order chi connectivity index (χ0) is 23.2. The number of non-ortho nitro benzene ring substituents is 1. The number of hydrazone groups is 1. The van der Waals surface area contributed by atoms with Crippen molar-refractivity contribution in [2.45, 2.75) is 0 Å². The van der Waals surface area contributed by atoms with Gasteiger partial charge < -0.3 is 4.74 Å². The predicted molar refractivity (Wildman–Crippen MR) is 124 cm³/mol. The molecular formula is C24H19N5O4. The van der Waals surface area contributed by atoms with E-state index in [0.717, 1.165) is 17.0 Å². The number of nitro benzene ring substituents is 1. The van der Waals surface area contributed by atoms with Crippen molar-refractivity contribution in [3.05, 3.63) is 106 Å². The summed E-state index contributed by atoms with van der Waals surface area (Å²) < 4.78 is 6.95. The first kappa shape index (κ1) is 21.4.